The number of fused-ring (bicyclic) bond motifs is 1. The monoisotopic (exact) mass is 276 g/mol. The lowest BCUT2D eigenvalue weighted by Crippen LogP contribution is -2.45. The van der Waals surface area contributed by atoms with Crippen molar-refractivity contribution in [3.8, 4) is 0 Å². The lowest BCUT2D eigenvalue weighted by Gasteiger charge is -2.30. The smallest absolute Gasteiger partial charge is 0.227 e. The van der Waals surface area contributed by atoms with Crippen molar-refractivity contribution in [2.75, 3.05) is 6.54 Å². The summed E-state index contributed by atoms with van der Waals surface area (Å²) >= 11 is 0. The number of amides is 1. The van der Waals surface area contributed by atoms with Crippen LogP contribution in [-0.4, -0.2) is 22.2 Å². The molecule has 0 aliphatic heterocycles. The molecular weight excluding hydrogens is 252 g/mol. The van der Waals surface area contributed by atoms with E-state index >= 15 is 0 Å². The number of hydrogen-bond acceptors (Lipinski definition) is 3. The van der Waals surface area contributed by atoms with Crippen LogP contribution in [0.25, 0.3) is 0 Å². The van der Waals surface area contributed by atoms with Crippen LogP contribution in [0.15, 0.2) is 6.20 Å². The van der Waals surface area contributed by atoms with Crippen molar-refractivity contribution < 1.29 is 4.79 Å². The van der Waals surface area contributed by atoms with Crippen LogP contribution in [0, 0.1) is 5.41 Å². The van der Waals surface area contributed by atoms with Gasteiger partial charge in [-0.25, -0.2) is 0 Å². The van der Waals surface area contributed by atoms with Crippen LogP contribution in [0.1, 0.15) is 55.8 Å². The molecule has 1 amide bonds. The summed E-state index contributed by atoms with van der Waals surface area (Å²) < 4.78 is 1.93. The van der Waals surface area contributed by atoms with E-state index in [1.165, 1.54) is 11.3 Å². The van der Waals surface area contributed by atoms with Crippen molar-refractivity contribution in [2.24, 2.45) is 18.2 Å². The third kappa shape index (κ3) is 2.14. The minimum Gasteiger partial charge on any atom is -0.349 e. The second kappa shape index (κ2) is 5.20. The molecule has 5 heteroatoms. The fourth-order valence-corrected chi connectivity index (χ4v) is 3.74. The third-order valence-electron chi connectivity index (χ3n) is 5.11. The third-order valence-corrected chi connectivity index (χ3v) is 5.11. The molecule has 0 radical (unpaired) electrons. The summed E-state index contributed by atoms with van der Waals surface area (Å²) in [6.45, 7) is 0.464. The predicted octanol–water partition coefficient (Wildman–Crippen LogP) is 1.43. The molecule has 1 atom stereocenters. The van der Waals surface area contributed by atoms with Crippen molar-refractivity contribution in [1.82, 2.24) is 15.1 Å². The Bertz CT molecular complexity index is 502. The van der Waals surface area contributed by atoms with Crippen molar-refractivity contribution in [3.63, 3.8) is 0 Å². The van der Waals surface area contributed by atoms with Crippen LogP contribution in [0.2, 0.25) is 0 Å². The number of carbonyl (C=O) groups is 1. The van der Waals surface area contributed by atoms with Crippen LogP contribution >= 0.6 is 0 Å². The minimum atomic E-state index is -0.320. The fourth-order valence-electron chi connectivity index (χ4n) is 3.74. The first-order valence-electron chi connectivity index (χ1n) is 7.68. The molecular formula is C15H24N4O. The standard InChI is InChI=1S/C15H24N4O/c1-19-13-6-4-5-12(11(13)9-17-19)18-14(20)15(10-16)7-2-3-8-15/h9,12H,2-8,10,16H2,1H3,(H,18,20). The second-order valence-corrected chi connectivity index (χ2v) is 6.28. The highest BCUT2D eigenvalue weighted by atomic mass is 16.2. The number of rotatable bonds is 3. The molecule has 20 heavy (non-hydrogen) atoms. The van der Waals surface area contributed by atoms with Gasteiger partial charge in [0, 0.05) is 24.8 Å². The van der Waals surface area contributed by atoms with E-state index in [1.807, 2.05) is 17.9 Å². The van der Waals surface area contributed by atoms with E-state index in [2.05, 4.69) is 10.4 Å². The maximum absolute atomic E-state index is 12.7. The SMILES string of the molecule is Cn1ncc2c1CCCC2NC(=O)C1(CN)CCCC1. The number of aryl methyl sites for hydroxylation is 1. The molecule has 3 N–H and O–H groups in total. The van der Waals surface area contributed by atoms with Gasteiger partial charge in [-0.2, -0.15) is 5.10 Å². The highest BCUT2D eigenvalue weighted by Crippen LogP contribution is 2.38. The Morgan fingerprint density at radius 1 is 1.50 bits per heavy atom. The first-order chi connectivity index (χ1) is 9.66. The summed E-state index contributed by atoms with van der Waals surface area (Å²) in [7, 11) is 1.97. The van der Waals surface area contributed by atoms with Gasteiger partial charge in [0.25, 0.3) is 0 Å². The van der Waals surface area contributed by atoms with Gasteiger partial charge in [-0.1, -0.05) is 12.8 Å². The van der Waals surface area contributed by atoms with Crippen molar-refractivity contribution in [1.29, 1.82) is 0 Å². The summed E-state index contributed by atoms with van der Waals surface area (Å²) in [6.07, 6.45) is 9.17. The zero-order chi connectivity index (χ0) is 14.2. The molecule has 110 valence electrons. The average molecular weight is 276 g/mol. The average Bonchev–Trinajstić information content (AvgIpc) is 3.08. The van der Waals surface area contributed by atoms with Gasteiger partial charge in [-0.05, 0) is 32.1 Å². The first kappa shape index (κ1) is 13.6. The molecule has 0 bridgehead atoms. The second-order valence-electron chi connectivity index (χ2n) is 6.28. The molecule has 0 aromatic carbocycles. The van der Waals surface area contributed by atoms with E-state index in [9.17, 15) is 4.79 Å². The van der Waals surface area contributed by atoms with Crippen LogP contribution < -0.4 is 11.1 Å². The minimum absolute atomic E-state index is 0.115. The molecule has 0 saturated heterocycles. The van der Waals surface area contributed by atoms with Gasteiger partial charge in [0.05, 0.1) is 17.7 Å². The summed E-state index contributed by atoms with van der Waals surface area (Å²) in [4.78, 5) is 12.7. The van der Waals surface area contributed by atoms with Crippen LogP contribution in [-0.2, 0) is 18.3 Å². The molecule has 5 nitrogen and oxygen atoms in total. The van der Waals surface area contributed by atoms with Gasteiger partial charge in [0.2, 0.25) is 5.91 Å². The molecule has 1 unspecified atom stereocenters. The molecule has 1 saturated carbocycles. The molecule has 2 aliphatic rings. The maximum atomic E-state index is 12.7. The maximum Gasteiger partial charge on any atom is 0.227 e. The lowest BCUT2D eigenvalue weighted by molar-refractivity contribution is -0.131. The first-order valence-corrected chi connectivity index (χ1v) is 7.68. The number of hydrogen-bond donors (Lipinski definition) is 2. The molecule has 1 heterocycles. The highest BCUT2D eigenvalue weighted by Gasteiger charge is 2.41. The van der Waals surface area contributed by atoms with Crippen molar-refractivity contribution in [2.45, 2.75) is 51.0 Å². The van der Waals surface area contributed by atoms with E-state index in [-0.39, 0.29) is 17.4 Å². The van der Waals surface area contributed by atoms with E-state index in [0.29, 0.717) is 6.54 Å². The summed E-state index contributed by atoms with van der Waals surface area (Å²) in [5.74, 6) is 0.152. The summed E-state index contributed by atoms with van der Waals surface area (Å²) in [6, 6.07) is 0.115. The Hall–Kier alpha value is -1.36. The van der Waals surface area contributed by atoms with E-state index in [0.717, 1.165) is 44.9 Å². The Kier molecular flexibility index (Phi) is 3.54. The Balaban J connectivity index is 1.77. The molecule has 1 aromatic heterocycles. The predicted molar refractivity (Wildman–Crippen MR) is 77.0 cm³/mol. The lowest BCUT2D eigenvalue weighted by atomic mass is 9.84. The van der Waals surface area contributed by atoms with Crippen molar-refractivity contribution in [3.05, 3.63) is 17.5 Å². The van der Waals surface area contributed by atoms with Gasteiger partial charge in [0.1, 0.15) is 0 Å². The summed E-state index contributed by atoms with van der Waals surface area (Å²) in [5, 5.41) is 7.58. The Morgan fingerprint density at radius 3 is 2.95 bits per heavy atom. The van der Waals surface area contributed by atoms with Gasteiger partial charge >= 0.3 is 0 Å². The van der Waals surface area contributed by atoms with Crippen LogP contribution in [0.3, 0.4) is 0 Å². The topological polar surface area (TPSA) is 72.9 Å². The number of nitrogens with zero attached hydrogens (tertiary/aromatic N) is 2. The number of nitrogens with one attached hydrogen (secondary N) is 1. The van der Waals surface area contributed by atoms with Crippen LogP contribution in [0.4, 0.5) is 0 Å². The van der Waals surface area contributed by atoms with Gasteiger partial charge in [0.15, 0.2) is 0 Å². The molecule has 3 rings (SSSR count). The molecule has 1 aromatic rings. The van der Waals surface area contributed by atoms with Crippen molar-refractivity contribution >= 4 is 5.91 Å². The molecule has 0 spiro atoms. The van der Waals surface area contributed by atoms with E-state index in [4.69, 9.17) is 5.73 Å². The van der Waals surface area contributed by atoms with E-state index < -0.39 is 0 Å². The number of nitrogens with two attached hydrogens (primary N) is 1. The molecule has 1 fully saturated rings. The van der Waals surface area contributed by atoms with Gasteiger partial charge < -0.3 is 11.1 Å². The zero-order valence-corrected chi connectivity index (χ0v) is 12.2. The normalized spacial score (nSPS) is 24.4. The van der Waals surface area contributed by atoms with Gasteiger partial charge in [-0.15, -0.1) is 0 Å². The van der Waals surface area contributed by atoms with E-state index in [1.54, 1.807) is 0 Å². The Morgan fingerprint density at radius 2 is 2.25 bits per heavy atom. The summed E-state index contributed by atoms with van der Waals surface area (Å²) in [5.41, 5.74) is 8.03. The fraction of sp³-hybridized carbons (Fsp3) is 0.733. The largest absolute Gasteiger partial charge is 0.349 e. The quantitative estimate of drug-likeness (QED) is 0.877. The van der Waals surface area contributed by atoms with Crippen LogP contribution in [0.5, 0.6) is 0 Å². The number of carbonyl (C=O) groups excluding carboxylic acids is 1. The van der Waals surface area contributed by atoms with Gasteiger partial charge in [-0.3, -0.25) is 9.48 Å². The number of aromatic nitrogens is 2. The molecule has 2 aliphatic carbocycles. The zero-order valence-electron chi connectivity index (χ0n) is 12.2. The Labute approximate surface area is 119 Å². The highest BCUT2D eigenvalue weighted by molar-refractivity contribution is 5.83.